The van der Waals surface area contributed by atoms with Crippen molar-refractivity contribution >= 4 is 40.8 Å². The fraction of sp³-hybridized carbons (Fsp3) is 0.500. The van der Waals surface area contributed by atoms with Crippen LogP contribution < -0.4 is 16.0 Å². The predicted octanol–water partition coefficient (Wildman–Crippen LogP) is 2.51. The number of nitrogens with one attached hydrogen (secondary N) is 3. The standard InChI is InChI=1S/C20H28ClFN6O4/c1-11(2)25-14-6-16(26-18-13(21)9-28(27-18)10-17(29)32-5)23-7-12(14)19(30)24-8-15(22)20(3,4)31/h6-7,9,11,15,31H,8,10H2,1-5H3,(H,24,30)(H2,23,25,26,27). The maximum atomic E-state index is 14.0. The van der Waals surface area contributed by atoms with Crippen molar-refractivity contribution < 1.29 is 23.8 Å². The number of esters is 1. The number of carbonyl (C=O) groups excluding carboxylic acids is 2. The Morgan fingerprint density at radius 3 is 2.66 bits per heavy atom. The van der Waals surface area contributed by atoms with E-state index >= 15 is 0 Å². The molecule has 0 radical (unpaired) electrons. The summed E-state index contributed by atoms with van der Waals surface area (Å²) in [6, 6.07) is 1.58. The quantitative estimate of drug-likeness (QED) is 0.390. The minimum Gasteiger partial charge on any atom is -0.468 e. The van der Waals surface area contributed by atoms with E-state index in [1.165, 1.54) is 38.0 Å². The summed E-state index contributed by atoms with van der Waals surface area (Å²) in [5.41, 5.74) is -0.914. The first kappa shape index (κ1) is 25.3. The smallest absolute Gasteiger partial charge is 0.327 e. The highest BCUT2D eigenvalue weighted by atomic mass is 35.5. The Labute approximate surface area is 190 Å². The number of anilines is 3. The third-order valence-electron chi connectivity index (χ3n) is 4.28. The van der Waals surface area contributed by atoms with E-state index in [0.29, 0.717) is 11.5 Å². The van der Waals surface area contributed by atoms with Gasteiger partial charge in [-0.05, 0) is 27.7 Å². The van der Waals surface area contributed by atoms with Crippen molar-refractivity contribution in [3.05, 3.63) is 29.0 Å². The van der Waals surface area contributed by atoms with Gasteiger partial charge in [0.1, 0.15) is 23.6 Å². The monoisotopic (exact) mass is 470 g/mol. The average Bonchev–Trinajstić information content (AvgIpc) is 3.03. The first-order chi connectivity index (χ1) is 14.9. The molecule has 1 amide bonds. The van der Waals surface area contributed by atoms with Crippen LogP contribution in [0, 0.1) is 0 Å². The van der Waals surface area contributed by atoms with Gasteiger partial charge in [-0.25, -0.2) is 9.37 Å². The van der Waals surface area contributed by atoms with Crippen LogP contribution in [0.5, 0.6) is 0 Å². The second-order valence-corrected chi connectivity index (χ2v) is 8.38. The summed E-state index contributed by atoms with van der Waals surface area (Å²) < 4.78 is 19.9. The summed E-state index contributed by atoms with van der Waals surface area (Å²) in [5.74, 6) is -0.414. The molecule has 2 aromatic heterocycles. The second-order valence-electron chi connectivity index (χ2n) is 7.97. The van der Waals surface area contributed by atoms with Crippen LogP contribution in [-0.4, -0.2) is 63.2 Å². The minimum absolute atomic E-state index is 0.00930. The van der Waals surface area contributed by atoms with Gasteiger partial charge in [0.15, 0.2) is 5.82 Å². The van der Waals surface area contributed by atoms with Gasteiger partial charge in [-0.15, -0.1) is 0 Å². The molecule has 176 valence electrons. The highest BCUT2D eigenvalue weighted by molar-refractivity contribution is 6.33. The number of halogens is 2. The summed E-state index contributed by atoms with van der Waals surface area (Å²) in [6.45, 7) is 5.99. The van der Waals surface area contributed by atoms with E-state index in [4.69, 9.17) is 11.6 Å². The molecule has 0 aliphatic rings. The van der Waals surface area contributed by atoms with E-state index in [2.05, 4.69) is 30.8 Å². The number of carbonyl (C=O) groups is 2. The van der Waals surface area contributed by atoms with Crippen LogP contribution in [-0.2, 0) is 16.1 Å². The molecule has 1 atom stereocenters. The fourth-order valence-electron chi connectivity index (χ4n) is 2.54. The molecule has 0 fully saturated rings. The van der Waals surface area contributed by atoms with Gasteiger partial charge >= 0.3 is 5.97 Å². The molecule has 10 nitrogen and oxygen atoms in total. The molecule has 2 aromatic rings. The zero-order valence-electron chi connectivity index (χ0n) is 18.6. The summed E-state index contributed by atoms with van der Waals surface area (Å²) in [4.78, 5) is 28.2. The molecule has 12 heteroatoms. The van der Waals surface area contributed by atoms with Crippen LogP contribution in [0.2, 0.25) is 5.02 Å². The Hall–Kier alpha value is -2.92. The van der Waals surface area contributed by atoms with Gasteiger partial charge in [-0.1, -0.05) is 11.6 Å². The Balaban J connectivity index is 2.21. The van der Waals surface area contributed by atoms with E-state index in [1.807, 2.05) is 13.8 Å². The lowest BCUT2D eigenvalue weighted by molar-refractivity contribution is -0.141. The predicted molar refractivity (Wildman–Crippen MR) is 119 cm³/mol. The van der Waals surface area contributed by atoms with Crippen molar-refractivity contribution in [2.45, 2.75) is 52.1 Å². The minimum atomic E-state index is -1.64. The number of methoxy groups -OCH3 is 1. The number of pyridine rings is 1. The number of rotatable bonds is 10. The van der Waals surface area contributed by atoms with Gasteiger partial charge in [-0.2, -0.15) is 5.10 Å². The van der Waals surface area contributed by atoms with Crippen molar-refractivity contribution in [2.24, 2.45) is 0 Å². The second kappa shape index (κ2) is 10.6. The number of alkyl halides is 1. The number of aliphatic hydroxyl groups is 1. The van der Waals surface area contributed by atoms with Crippen LogP contribution in [0.1, 0.15) is 38.1 Å². The normalized spacial score (nSPS) is 12.4. The molecule has 0 spiro atoms. The molecule has 4 N–H and O–H groups in total. The Morgan fingerprint density at radius 1 is 1.38 bits per heavy atom. The molecule has 0 saturated carbocycles. The van der Waals surface area contributed by atoms with Gasteiger partial charge in [-0.3, -0.25) is 14.3 Å². The van der Waals surface area contributed by atoms with E-state index < -0.39 is 23.6 Å². The molecule has 32 heavy (non-hydrogen) atoms. The van der Waals surface area contributed by atoms with Crippen molar-refractivity contribution in [1.29, 1.82) is 0 Å². The molecule has 0 bridgehead atoms. The van der Waals surface area contributed by atoms with Gasteiger partial charge in [0.25, 0.3) is 5.91 Å². The van der Waals surface area contributed by atoms with Crippen LogP contribution in [0.25, 0.3) is 0 Å². The highest BCUT2D eigenvalue weighted by Gasteiger charge is 2.27. The van der Waals surface area contributed by atoms with E-state index in [1.54, 1.807) is 6.07 Å². The van der Waals surface area contributed by atoms with Crippen LogP contribution in [0.3, 0.4) is 0 Å². The highest BCUT2D eigenvalue weighted by Crippen LogP contribution is 2.26. The van der Waals surface area contributed by atoms with Crippen molar-refractivity contribution in [2.75, 3.05) is 24.3 Å². The first-order valence-electron chi connectivity index (χ1n) is 9.88. The van der Waals surface area contributed by atoms with Crippen molar-refractivity contribution in [3.8, 4) is 0 Å². The molecule has 0 saturated heterocycles. The largest absolute Gasteiger partial charge is 0.468 e. The maximum absolute atomic E-state index is 14.0. The number of aromatic nitrogens is 3. The molecule has 1 unspecified atom stereocenters. The number of ether oxygens (including phenoxy) is 1. The molecule has 0 aromatic carbocycles. The topological polar surface area (TPSA) is 130 Å². The summed E-state index contributed by atoms with van der Waals surface area (Å²) in [7, 11) is 1.27. The lowest BCUT2D eigenvalue weighted by atomic mass is 10.0. The molecular weight excluding hydrogens is 443 g/mol. The average molecular weight is 471 g/mol. The summed E-state index contributed by atoms with van der Waals surface area (Å²) in [5, 5.41) is 22.7. The van der Waals surface area contributed by atoms with Crippen LogP contribution in [0.4, 0.5) is 21.7 Å². The van der Waals surface area contributed by atoms with Gasteiger partial charge in [0, 0.05) is 24.5 Å². The lowest BCUT2D eigenvalue weighted by Crippen LogP contribution is -2.42. The molecule has 2 heterocycles. The molecule has 0 aliphatic carbocycles. The summed E-state index contributed by atoms with van der Waals surface area (Å²) in [6.07, 6.45) is 1.16. The molecule has 0 aliphatic heterocycles. The van der Waals surface area contributed by atoms with Gasteiger partial charge in [0.2, 0.25) is 0 Å². The number of hydrogen-bond acceptors (Lipinski definition) is 8. The van der Waals surface area contributed by atoms with Crippen LogP contribution in [0.15, 0.2) is 18.5 Å². The summed E-state index contributed by atoms with van der Waals surface area (Å²) >= 11 is 6.17. The van der Waals surface area contributed by atoms with E-state index in [-0.39, 0.29) is 35.5 Å². The Bertz CT molecular complexity index is 960. The Morgan fingerprint density at radius 2 is 2.06 bits per heavy atom. The van der Waals surface area contributed by atoms with Crippen LogP contribution >= 0.6 is 11.6 Å². The number of nitrogens with zero attached hydrogens (tertiary/aromatic N) is 3. The third kappa shape index (κ3) is 7.06. The Kier molecular flexibility index (Phi) is 8.39. The number of hydrogen-bond donors (Lipinski definition) is 4. The van der Waals surface area contributed by atoms with E-state index in [9.17, 15) is 19.1 Å². The van der Waals surface area contributed by atoms with E-state index in [0.717, 1.165) is 0 Å². The third-order valence-corrected chi connectivity index (χ3v) is 4.56. The van der Waals surface area contributed by atoms with Gasteiger partial charge in [0.05, 0.1) is 30.5 Å². The molecular formula is C20H28ClFN6O4. The maximum Gasteiger partial charge on any atom is 0.327 e. The molecule has 2 rings (SSSR count). The number of amides is 1. The van der Waals surface area contributed by atoms with Crippen molar-refractivity contribution in [3.63, 3.8) is 0 Å². The zero-order chi connectivity index (χ0) is 24.1. The van der Waals surface area contributed by atoms with Crippen molar-refractivity contribution in [1.82, 2.24) is 20.1 Å². The zero-order valence-corrected chi connectivity index (χ0v) is 19.3. The van der Waals surface area contributed by atoms with Gasteiger partial charge < -0.3 is 25.8 Å². The SMILES string of the molecule is COC(=O)Cn1cc(Cl)c(Nc2cc(NC(C)C)c(C(=O)NCC(F)C(C)(C)O)cn2)n1. The lowest BCUT2D eigenvalue weighted by Gasteiger charge is -2.23. The fourth-order valence-corrected chi connectivity index (χ4v) is 2.74. The first-order valence-corrected chi connectivity index (χ1v) is 10.3.